The van der Waals surface area contributed by atoms with Crippen LogP contribution in [0.25, 0.3) is 0 Å². The van der Waals surface area contributed by atoms with Crippen molar-refractivity contribution < 1.29 is 10.2 Å². The fourth-order valence-electron chi connectivity index (χ4n) is 2.42. The Balaban J connectivity index is 1.80. The monoisotopic (exact) mass is 235 g/mol. The standard InChI is InChI=1S/C14H21NO2/c1-10-4-3-5-11(6-10)13(16)9-15-12-7-14(2,17)8-12/h3-6,12-13,15-17H,7-9H2,1-2H3. The van der Waals surface area contributed by atoms with Crippen LogP contribution < -0.4 is 5.32 Å². The van der Waals surface area contributed by atoms with Crippen LogP contribution >= 0.6 is 0 Å². The molecule has 94 valence electrons. The molecular formula is C14H21NO2. The summed E-state index contributed by atoms with van der Waals surface area (Å²) in [5.41, 5.74) is 1.60. The van der Waals surface area contributed by atoms with Gasteiger partial charge in [-0.15, -0.1) is 0 Å². The highest BCUT2D eigenvalue weighted by Crippen LogP contribution is 2.31. The van der Waals surface area contributed by atoms with Gasteiger partial charge in [0.25, 0.3) is 0 Å². The number of aryl methyl sites for hydroxylation is 1. The molecule has 3 nitrogen and oxygen atoms in total. The third kappa shape index (κ3) is 3.28. The highest BCUT2D eigenvalue weighted by Gasteiger charge is 2.37. The van der Waals surface area contributed by atoms with E-state index in [2.05, 4.69) is 5.32 Å². The zero-order chi connectivity index (χ0) is 12.5. The Morgan fingerprint density at radius 2 is 2.18 bits per heavy atom. The van der Waals surface area contributed by atoms with Gasteiger partial charge in [-0.2, -0.15) is 0 Å². The maximum absolute atomic E-state index is 10.0. The Morgan fingerprint density at radius 3 is 2.76 bits per heavy atom. The van der Waals surface area contributed by atoms with Crippen molar-refractivity contribution >= 4 is 0 Å². The van der Waals surface area contributed by atoms with Gasteiger partial charge in [0.1, 0.15) is 0 Å². The lowest BCUT2D eigenvalue weighted by Crippen LogP contribution is -2.52. The second-order valence-corrected chi connectivity index (χ2v) is 5.44. The van der Waals surface area contributed by atoms with Crippen LogP contribution in [0.4, 0.5) is 0 Å². The van der Waals surface area contributed by atoms with E-state index in [1.54, 1.807) is 0 Å². The molecule has 0 spiro atoms. The minimum atomic E-state index is -0.508. The number of aliphatic hydroxyl groups is 2. The molecule has 17 heavy (non-hydrogen) atoms. The zero-order valence-electron chi connectivity index (χ0n) is 10.5. The average molecular weight is 235 g/mol. The lowest BCUT2D eigenvalue weighted by Gasteiger charge is -2.41. The summed E-state index contributed by atoms with van der Waals surface area (Å²) in [6.45, 7) is 4.42. The first-order valence-corrected chi connectivity index (χ1v) is 6.17. The smallest absolute Gasteiger partial charge is 0.0914 e. The Bertz CT molecular complexity index is 382. The molecule has 1 saturated carbocycles. The van der Waals surface area contributed by atoms with Crippen LogP contribution in [-0.4, -0.2) is 28.4 Å². The van der Waals surface area contributed by atoms with Crippen LogP contribution in [0.1, 0.15) is 37.0 Å². The minimum absolute atomic E-state index is 0.337. The van der Waals surface area contributed by atoms with Gasteiger partial charge in [0, 0.05) is 12.6 Å². The van der Waals surface area contributed by atoms with Gasteiger partial charge in [0.05, 0.1) is 11.7 Å². The molecule has 1 aromatic rings. The fourth-order valence-corrected chi connectivity index (χ4v) is 2.42. The van der Waals surface area contributed by atoms with E-state index in [1.165, 1.54) is 0 Å². The normalized spacial score (nSPS) is 29.8. The maximum Gasteiger partial charge on any atom is 0.0914 e. The first-order valence-electron chi connectivity index (χ1n) is 6.17. The molecule has 3 heteroatoms. The molecule has 1 unspecified atom stereocenters. The van der Waals surface area contributed by atoms with Crippen LogP contribution in [0.15, 0.2) is 24.3 Å². The summed E-state index contributed by atoms with van der Waals surface area (Å²) < 4.78 is 0. The average Bonchev–Trinajstić information content (AvgIpc) is 2.23. The van der Waals surface area contributed by atoms with Crippen molar-refractivity contribution in [3.05, 3.63) is 35.4 Å². The second kappa shape index (κ2) is 4.77. The Hall–Kier alpha value is -0.900. The Labute approximate surface area is 102 Å². The number of hydrogen-bond acceptors (Lipinski definition) is 3. The molecule has 1 aliphatic rings. The topological polar surface area (TPSA) is 52.5 Å². The predicted octanol–water partition coefficient (Wildman–Crippen LogP) is 1.53. The third-order valence-corrected chi connectivity index (χ3v) is 3.40. The molecular weight excluding hydrogens is 214 g/mol. The number of hydrogen-bond donors (Lipinski definition) is 3. The van der Waals surface area contributed by atoms with E-state index in [-0.39, 0.29) is 0 Å². The minimum Gasteiger partial charge on any atom is -0.390 e. The van der Waals surface area contributed by atoms with Crippen molar-refractivity contribution in [1.82, 2.24) is 5.32 Å². The predicted molar refractivity (Wildman–Crippen MR) is 67.8 cm³/mol. The maximum atomic E-state index is 10.0. The lowest BCUT2D eigenvalue weighted by atomic mass is 9.77. The Kier molecular flexibility index (Phi) is 3.52. The summed E-state index contributed by atoms with van der Waals surface area (Å²) in [6.07, 6.45) is 1.07. The summed E-state index contributed by atoms with van der Waals surface area (Å²) in [5.74, 6) is 0. The zero-order valence-corrected chi connectivity index (χ0v) is 10.5. The molecule has 1 aliphatic carbocycles. The number of benzene rings is 1. The fraction of sp³-hybridized carbons (Fsp3) is 0.571. The third-order valence-electron chi connectivity index (χ3n) is 3.40. The van der Waals surface area contributed by atoms with E-state index in [0.717, 1.165) is 24.0 Å². The van der Waals surface area contributed by atoms with Crippen LogP contribution in [0.2, 0.25) is 0 Å². The number of rotatable bonds is 4. The first kappa shape index (κ1) is 12.6. The summed E-state index contributed by atoms with van der Waals surface area (Å²) in [4.78, 5) is 0. The first-order chi connectivity index (χ1) is 7.96. The molecule has 1 fully saturated rings. The summed E-state index contributed by atoms with van der Waals surface area (Å²) in [6, 6.07) is 8.26. The van der Waals surface area contributed by atoms with E-state index in [9.17, 15) is 10.2 Å². The lowest BCUT2D eigenvalue weighted by molar-refractivity contribution is -0.0413. The Morgan fingerprint density at radius 1 is 1.47 bits per heavy atom. The van der Waals surface area contributed by atoms with Crippen LogP contribution in [0.3, 0.4) is 0 Å². The molecule has 0 saturated heterocycles. The van der Waals surface area contributed by atoms with Crippen molar-refractivity contribution in [3.63, 3.8) is 0 Å². The highest BCUT2D eigenvalue weighted by molar-refractivity contribution is 5.24. The van der Waals surface area contributed by atoms with Crippen LogP contribution in [0.5, 0.6) is 0 Å². The highest BCUT2D eigenvalue weighted by atomic mass is 16.3. The van der Waals surface area contributed by atoms with Gasteiger partial charge in [-0.1, -0.05) is 29.8 Å². The summed E-state index contributed by atoms with van der Waals surface area (Å²) in [5, 5.41) is 22.9. The van der Waals surface area contributed by atoms with Gasteiger partial charge in [-0.3, -0.25) is 0 Å². The molecule has 3 N–H and O–H groups in total. The molecule has 0 radical (unpaired) electrons. The van der Waals surface area contributed by atoms with Gasteiger partial charge < -0.3 is 15.5 Å². The van der Waals surface area contributed by atoms with Gasteiger partial charge >= 0.3 is 0 Å². The van der Waals surface area contributed by atoms with Gasteiger partial charge in [-0.05, 0) is 32.3 Å². The SMILES string of the molecule is Cc1cccc(C(O)CNC2CC(C)(O)C2)c1. The molecule has 0 aromatic heterocycles. The number of aliphatic hydroxyl groups excluding tert-OH is 1. The van der Waals surface area contributed by atoms with Crippen molar-refractivity contribution in [2.24, 2.45) is 0 Å². The summed E-state index contributed by atoms with van der Waals surface area (Å²) >= 11 is 0. The van der Waals surface area contributed by atoms with Gasteiger partial charge in [0.2, 0.25) is 0 Å². The van der Waals surface area contributed by atoms with Crippen molar-refractivity contribution in [3.8, 4) is 0 Å². The molecule has 0 amide bonds. The molecule has 0 bridgehead atoms. The van der Waals surface area contributed by atoms with Crippen molar-refractivity contribution in [2.75, 3.05) is 6.54 Å². The van der Waals surface area contributed by atoms with Gasteiger partial charge in [0.15, 0.2) is 0 Å². The van der Waals surface area contributed by atoms with E-state index in [4.69, 9.17) is 0 Å². The van der Waals surface area contributed by atoms with Crippen molar-refractivity contribution in [2.45, 2.75) is 44.4 Å². The largest absolute Gasteiger partial charge is 0.390 e. The molecule has 0 heterocycles. The molecule has 2 rings (SSSR count). The quantitative estimate of drug-likeness (QED) is 0.742. The molecule has 1 atom stereocenters. The van der Waals surface area contributed by atoms with Crippen molar-refractivity contribution in [1.29, 1.82) is 0 Å². The van der Waals surface area contributed by atoms with E-state index in [1.807, 2.05) is 38.1 Å². The number of nitrogens with one attached hydrogen (secondary N) is 1. The molecule has 0 aliphatic heterocycles. The molecule has 1 aromatic carbocycles. The second-order valence-electron chi connectivity index (χ2n) is 5.44. The van der Waals surface area contributed by atoms with E-state index >= 15 is 0 Å². The summed E-state index contributed by atoms with van der Waals surface area (Å²) in [7, 11) is 0. The van der Waals surface area contributed by atoms with Gasteiger partial charge in [-0.25, -0.2) is 0 Å². The van der Waals surface area contributed by atoms with Crippen LogP contribution in [0, 0.1) is 6.92 Å². The van der Waals surface area contributed by atoms with Crippen LogP contribution in [-0.2, 0) is 0 Å². The van der Waals surface area contributed by atoms with E-state index in [0.29, 0.717) is 12.6 Å². The van der Waals surface area contributed by atoms with E-state index < -0.39 is 11.7 Å².